The van der Waals surface area contributed by atoms with Gasteiger partial charge in [0.15, 0.2) is 0 Å². The van der Waals surface area contributed by atoms with Gasteiger partial charge in [0, 0.05) is 10.6 Å². The molecule has 11 heteroatoms. The third-order valence-corrected chi connectivity index (χ3v) is 4.88. The van der Waals surface area contributed by atoms with Crippen LogP contribution in [0, 0.1) is 0 Å². The molecule has 0 bridgehead atoms. The zero-order valence-corrected chi connectivity index (χ0v) is 16.9. The molecular formula is C20H18ClF3N4O3. The second-order valence-electron chi connectivity index (χ2n) is 6.79. The summed E-state index contributed by atoms with van der Waals surface area (Å²) in [6.45, 7) is 1.58. The summed E-state index contributed by atoms with van der Waals surface area (Å²) in [7, 11) is 0. The van der Waals surface area contributed by atoms with Gasteiger partial charge in [-0.05, 0) is 48.9 Å². The molecule has 0 spiro atoms. The summed E-state index contributed by atoms with van der Waals surface area (Å²) in [5.41, 5.74) is -1.01. The summed E-state index contributed by atoms with van der Waals surface area (Å²) in [5, 5.41) is 18.7. The summed E-state index contributed by atoms with van der Waals surface area (Å²) in [5.74, 6) is -1.03. The Morgan fingerprint density at radius 3 is 2.39 bits per heavy atom. The zero-order valence-electron chi connectivity index (χ0n) is 16.2. The van der Waals surface area contributed by atoms with E-state index in [-0.39, 0.29) is 12.1 Å². The maximum atomic E-state index is 12.6. The number of ether oxygens (including phenoxy) is 1. The number of aromatic nitrogens is 3. The monoisotopic (exact) mass is 454 g/mol. The number of nitrogens with one attached hydrogen (secondary N) is 1. The predicted molar refractivity (Wildman–Crippen MR) is 105 cm³/mol. The number of hydrogen-bond donors (Lipinski definition) is 2. The van der Waals surface area contributed by atoms with Crippen LogP contribution >= 0.6 is 11.6 Å². The Hall–Kier alpha value is -3.11. The van der Waals surface area contributed by atoms with Crippen molar-refractivity contribution in [3.05, 3.63) is 77.3 Å². The smallest absolute Gasteiger partial charge is 0.406 e. The van der Waals surface area contributed by atoms with E-state index < -0.39 is 29.7 Å². The normalized spacial score (nSPS) is 14.5. The van der Waals surface area contributed by atoms with E-state index in [4.69, 9.17) is 11.6 Å². The van der Waals surface area contributed by atoms with Crippen molar-refractivity contribution in [1.82, 2.24) is 20.1 Å². The number of nitrogens with zero attached hydrogens (tertiary/aromatic N) is 3. The van der Waals surface area contributed by atoms with Crippen molar-refractivity contribution in [3.8, 4) is 5.75 Å². The van der Waals surface area contributed by atoms with Crippen LogP contribution in [0.3, 0.4) is 0 Å². The highest BCUT2D eigenvalue weighted by Crippen LogP contribution is 2.29. The number of hydrogen-bond acceptors (Lipinski definition) is 5. The van der Waals surface area contributed by atoms with E-state index in [2.05, 4.69) is 20.1 Å². The van der Waals surface area contributed by atoms with Crippen molar-refractivity contribution >= 4 is 17.5 Å². The van der Waals surface area contributed by atoms with Crippen molar-refractivity contribution < 1.29 is 27.8 Å². The summed E-state index contributed by atoms with van der Waals surface area (Å²) in [6, 6.07) is 10.1. The minimum absolute atomic E-state index is 0.0194. The molecule has 0 aliphatic carbocycles. The molecule has 0 saturated heterocycles. The molecule has 0 aliphatic rings. The summed E-state index contributed by atoms with van der Waals surface area (Å²) in [6.07, 6.45) is -2.08. The molecule has 0 saturated carbocycles. The molecule has 0 unspecified atom stereocenters. The minimum Gasteiger partial charge on any atom is -0.406 e. The number of carbonyl (C=O) groups excluding carboxylic acids is 1. The van der Waals surface area contributed by atoms with E-state index in [1.165, 1.54) is 29.5 Å². The van der Waals surface area contributed by atoms with E-state index in [1.54, 1.807) is 31.2 Å². The van der Waals surface area contributed by atoms with Gasteiger partial charge in [0.25, 0.3) is 5.91 Å². The van der Waals surface area contributed by atoms with Crippen LogP contribution in [0.15, 0.2) is 61.2 Å². The molecule has 7 nitrogen and oxygen atoms in total. The van der Waals surface area contributed by atoms with Crippen LogP contribution in [0.5, 0.6) is 5.75 Å². The lowest BCUT2D eigenvalue weighted by molar-refractivity contribution is -0.274. The molecule has 1 heterocycles. The number of carbonyl (C=O) groups is 1. The lowest BCUT2D eigenvalue weighted by Gasteiger charge is -2.35. The number of halogens is 4. The Labute approximate surface area is 180 Å². The minimum atomic E-state index is -4.82. The molecule has 1 aromatic heterocycles. The van der Waals surface area contributed by atoms with E-state index in [0.29, 0.717) is 10.6 Å². The zero-order chi connectivity index (χ0) is 22.6. The summed E-state index contributed by atoms with van der Waals surface area (Å²) < 4.78 is 42.1. The number of benzene rings is 2. The molecule has 0 fully saturated rings. The molecule has 0 aliphatic heterocycles. The molecule has 1 amide bonds. The van der Waals surface area contributed by atoms with Gasteiger partial charge in [-0.1, -0.05) is 23.7 Å². The number of alkyl halides is 3. The van der Waals surface area contributed by atoms with Gasteiger partial charge in [-0.3, -0.25) is 4.79 Å². The fourth-order valence-corrected chi connectivity index (χ4v) is 3.11. The molecule has 2 atom stereocenters. The fraction of sp³-hybridized carbons (Fsp3) is 0.250. The number of amides is 1. The summed E-state index contributed by atoms with van der Waals surface area (Å²) in [4.78, 5) is 16.5. The SMILES string of the molecule is C[C@@H](NC(=O)c1ccc(OC(F)(F)F)cc1)[C@](O)(Cn1cncn1)c1ccc(Cl)cc1. The number of rotatable bonds is 7. The predicted octanol–water partition coefficient (Wildman–Crippen LogP) is 3.54. The van der Waals surface area contributed by atoms with Gasteiger partial charge in [-0.2, -0.15) is 5.10 Å². The first-order valence-electron chi connectivity index (χ1n) is 9.04. The number of aliphatic hydroxyl groups is 1. The van der Waals surface area contributed by atoms with Crippen LogP contribution in [-0.2, 0) is 12.1 Å². The van der Waals surface area contributed by atoms with Gasteiger partial charge >= 0.3 is 6.36 Å². The quantitative estimate of drug-likeness (QED) is 0.570. The first-order chi connectivity index (χ1) is 14.6. The Morgan fingerprint density at radius 2 is 1.84 bits per heavy atom. The average Bonchev–Trinajstić information content (AvgIpc) is 3.20. The van der Waals surface area contributed by atoms with Crippen molar-refractivity contribution in [2.75, 3.05) is 0 Å². The van der Waals surface area contributed by atoms with Gasteiger partial charge in [0.1, 0.15) is 24.0 Å². The lowest BCUT2D eigenvalue weighted by atomic mass is 9.86. The Kier molecular flexibility index (Phi) is 6.51. The van der Waals surface area contributed by atoms with Crippen LogP contribution in [0.4, 0.5) is 13.2 Å². The first-order valence-corrected chi connectivity index (χ1v) is 9.42. The standard InChI is InChI=1S/C20H18ClF3N4O3/c1-13(27-18(29)14-2-8-17(9-3-14)31-20(22,23)24)19(30,10-28-12-25-11-26-28)15-4-6-16(21)7-5-15/h2-9,11-13,30H,10H2,1H3,(H,27,29)/t13-,19-/m1/s1. The van der Waals surface area contributed by atoms with Crippen LogP contribution in [0.1, 0.15) is 22.8 Å². The fourth-order valence-electron chi connectivity index (χ4n) is 2.99. The maximum absolute atomic E-state index is 12.6. The highest BCUT2D eigenvalue weighted by molar-refractivity contribution is 6.30. The topological polar surface area (TPSA) is 89.3 Å². The molecular weight excluding hydrogens is 437 g/mol. The van der Waals surface area contributed by atoms with Crippen LogP contribution < -0.4 is 10.1 Å². The van der Waals surface area contributed by atoms with Gasteiger partial charge in [0.05, 0.1) is 12.6 Å². The molecule has 2 aromatic carbocycles. The van der Waals surface area contributed by atoms with Crippen LogP contribution in [0.2, 0.25) is 5.02 Å². The Bertz CT molecular complexity index is 1010. The third-order valence-electron chi connectivity index (χ3n) is 4.63. The molecule has 3 aromatic rings. The van der Waals surface area contributed by atoms with Gasteiger partial charge in [0.2, 0.25) is 0 Å². The molecule has 3 rings (SSSR count). The first kappa shape index (κ1) is 22.6. The highest BCUT2D eigenvalue weighted by atomic mass is 35.5. The van der Waals surface area contributed by atoms with Crippen LogP contribution in [-0.4, -0.2) is 38.2 Å². The largest absolute Gasteiger partial charge is 0.573 e. The molecule has 31 heavy (non-hydrogen) atoms. The van der Waals surface area contributed by atoms with Crippen molar-refractivity contribution in [1.29, 1.82) is 0 Å². The second-order valence-corrected chi connectivity index (χ2v) is 7.23. The van der Waals surface area contributed by atoms with Crippen molar-refractivity contribution in [3.63, 3.8) is 0 Å². The molecule has 2 N–H and O–H groups in total. The van der Waals surface area contributed by atoms with E-state index in [0.717, 1.165) is 12.1 Å². The van der Waals surface area contributed by atoms with E-state index >= 15 is 0 Å². The van der Waals surface area contributed by atoms with Gasteiger partial charge < -0.3 is 15.2 Å². The second kappa shape index (κ2) is 8.94. The molecule has 164 valence electrons. The van der Waals surface area contributed by atoms with Crippen molar-refractivity contribution in [2.24, 2.45) is 0 Å². The lowest BCUT2D eigenvalue weighted by Crippen LogP contribution is -2.51. The maximum Gasteiger partial charge on any atom is 0.573 e. The highest BCUT2D eigenvalue weighted by Gasteiger charge is 2.38. The van der Waals surface area contributed by atoms with Crippen LogP contribution in [0.25, 0.3) is 0 Å². The van der Waals surface area contributed by atoms with E-state index in [1.807, 2.05) is 0 Å². The third kappa shape index (κ3) is 5.74. The average molecular weight is 455 g/mol. The van der Waals surface area contributed by atoms with Gasteiger partial charge in [-0.15, -0.1) is 13.2 Å². The Morgan fingerprint density at radius 1 is 1.19 bits per heavy atom. The Balaban J connectivity index is 1.80. The van der Waals surface area contributed by atoms with Gasteiger partial charge in [-0.25, -0.2) is 9.67 Å². The summed E-state index contributed by atoms with van der Waals surface area (Å²) >= 11 is 5.94. The molecule has 0 radical (unpaired) electrons. The van der Waals surface area contributed by atoms with Crippen molar-refractivity contribution in [2.45, 2.75) is 31.5 Å². The van der Waals surface area contributed by atoms with E-state index in [9.17, 15) is 23.1 Å².